The van der Waals surface area contributed by atoms with Crippen molar-refractivity contribution in [3.05, 3.63) is 34.1 Å². The molecule has 0 saturated carbocycles. The lowest BCUT2D eigenvalue weighted by atomic mass is 10.2. The molecule has 1 aromatic carbocycles. The first-order valence-corrected chi connectivity index (χ1v) is 5.75. The van der Waals surface area contributed by atoms with Gasteiger partial charge in [-0.2, -0.15) is 4.68 Å². The Morgan fingerprint density at radius 1 is 1.44 bits per heavy atom. The van der Waals surface area contributed by atoms with Crippen LogP contribution in [0.5, 0.6) is 0 Å². The number of benzene rings is 1. The minimum atomic E-state index is 0.538. The van der Waals surface area contributed by atoms with Crippen LogP contribution >= 0.6 is 15.9 Å². The van der Waals surface area contributed by atoms with Crippen molar-refractivity contribution < 1.29 is 0 Å². The average molecular weight is 282 g/mol. The van der Waals surface area contributed by atoms with E-state index in [-0.39, 0.29) is 0 Å². The summed E-state index contributed by atoms with van der Waals surface area (Å²) < 4.78 is 2.77. The van der Waals surface area contributed by atoms with Crippen LogP contribution in [0.3, 0.4) is 0 Å². The summed E-state index contributed by atoms with van der Waals surface area (Å²) in [6.07, 6.45) is 0.669. The first kappa shape index (κ1) is 11.2. The Balaban J connectivity index is 2.46. The van der Waals surface area contributed by atoms with Crippen LogP contribution in [-0.4, -0.2) is 26.8 Å². The topological polar surface area (TPSA) is 69.6 Å². The molecule has 0 bridgehead atoms. The van der Waals surface area contributed by atoms with Crippen LogP contribution in [0.15, 0.2) is 22.7 Å². The van der Waals surface area contributed by atoms with E-state index in [1.165, 1.54) is 0 Å². The number of nitrogens with zero attached hydrogens (tertiary/aromatic N) is 4. The maximum absolute atomic E-state index is 5.51. The number of rotatable bonds is 3. The lowest BCUT2D eigenvalue weighted by Crippen LogP contribution is -2.10. The largest absolute Gasteiger partial charge is 0.330 e. The molecule has 2 aromatic rings. The molecule has 0 atom stereocenters. The van der Waals surface area contributed by atoms with Crippen LogP contribution < -0.4 is 5.73 Å². The Morgan fingerprint density at radius 3 is 2.94 bits per heavy atom. The van der Waals surface area contributed by atoms with Gasteiger partial charge in [-0.3, -0.25) is 0 Å². The Hall–Kier alpha value is -1.27. The highest BCUT2D eigenvalue weighted by atomic mass is 79.9. The fraction of sp³-hybridized carbons (Fsp3) is 0.300. The molecule has 2 rings (SSSR count). The number of tetrazole rings is 1. The smallest absolute Gasteiger partial charge is 0.157 e. The summed E-state index contributed by atoms with van der Waals surface area (Å²) >= 11 is 3.43. The third-order valence-corrected chi connectivity index (χ3v) is 2.78. The van der Waals surface area contributed by atoms with Crippen molar-refractivity contribution in [3.8, 4) is 5.69 Å². The van der Waals surface area contributed by atoms with E-state index >= 15 is 0 Å². The van der Waals surface area contributed by atoms with Gasteiger partial charge in [-0.05, 0) is 47.7 Å². The van der Waals surface area contributed by atoms with Gasteiger partial charge in [0.05, 0.1) is 5.69 Å². The predicted molar refractivity (Wildman–Crippen MR) is 64.3 cm³/mol. The molecular weight excluding hydrogens is 270 g/mol. The number of aryl methyl sites for hydroxylation is 1. The van der Waals surface area contributed by atoms with Crippen LogP contribution in [0, 0.1) is 6.92 Å². The summed E-state index contributed by atoms with van der Waals surface area (Å²) in [5, 5.41) is 11.6. The van der Waals surface area contributed by atoms with Crippen molar-refractivity contribution in [3.63, 3.8) is 0 Å². The Labute approximate surface area is 102 Å². The molecule has 0 saturated heterocycles. The molecule has 0 spiro atoms. The van der Waals surface area contributed by atoms with E-state index in [0.29, 0.717) is 13.0 Å². The summed E-state index contributed by atoms with van der Waals surface area (Å²) in [6.45, 7) is 2.56. The Morgan fingerprint density at radius 2 is 2.25 bits per heavy atom. The predicted octanol–water partition coefficient (Wildman–Crippen LogP) is 1.23. The standard InChI is InChI=1S/C10H12BrN5/c1-7-6-8(11)2-3-9(7)16-10(4-5-12)13-14-15-16/h2-3,6H,4-5,12H2,1H3. The highest BCUT2D eigenvalue weighted by molar-refractivity contribution is 9.10. The first-order valence-electron chi connectivity index (χ1n) is 4.96. The monoisotopic (exact) mass is 281 g/mol. The zero-order valence-electron chi connectivity index (χ0n) is 8.89. The van der Waals surface area contributed by atoms with Crippen molar-refractivity contribution in [2.75, 3.05) is 6.54 Å². The quantitative estimate of drug-likeness (QED) is 0.919. The second-order valence-corrected chi connectivity index (χ2v) is 4.39. The van der Waals surface area contributed by atoms with Crippen LogP contribution in [0.1, 0.15) is 11.4 Å². The van der Waals surface area contributed by atoms with Gasteiger partial charge in [0.15, 0.2) is 5.82 Å². The molecule has 16 heavy (non-hydrogen) atoms. The third kappa shape index (κ3) is 2.12. The summed E-state index contributed by atoms with van der Waals surface area (Å²) in [5.41, 5.74) is 7.61. The fourth-order valence-corrected chi connectivity index (χ4v) is 2.01. The van der Waals surface area contributed by atoms with Crippen molar-refractivity contribution in [2.45, 2.75) is 13.3 Å². The highest BCUT2D eigenvalue weighted by Crippen LogP contribution is 2.19. The SMILES string of the molecule is Cc1cc(Br)ccc1-n1nnnc1CCN. The van der Waals surface area contributed by atoms with Gasteiger partial charge in [-0.1, -0.05) is 15.9 Å². The second-order valence-electron chi connectivity index (χ2n) is 3.48. The molecule has 0 radical (unpaired) electrons. The number of aromatic nitrogens is 4. The minimum absolute atomic E-state index is 0.538. The van der Waals surface area contributed by atoms with Crippen molar-refractivity contribution in [2.24, 2.45) is 5.73 Å². The van der Waals surface area contributed by atoms with Gasteiger partial charge < -0.3 is 5.73 Å². The molecule has 6 heteroatoms. The van der Waals surface area contributed by atoms with E-state index in [2.05, 4.69) is 31.5 Å². The van der Waals surface area contributed by atoms with Gasteiger partial charge in [-0.15, -0.1) is 5.10 Å². The summed E-state index contributed by atoms with van der Waals surface area (Å²) in [6, 6.07) is 5.98. The minimum Gasteiger partial charge on any atom is -0.330 e. The van der Waals surface area contributed by atoms with Crippen LogP contribution in [0.25, 0.3) is 5.69 Å². The molecular formula is C10H12BrN5. The molecule has 0 aliphatic rings. The van der Waals surface area contributed by atoms with Gasteiger partial charge in [0, 0.05) is 10.9 Å². The van der Waals surface area contributed by atoms with Crippen molar-refractivity contribution >= 4 is 15.9 Å². The highest BCUT2D eigenvalue weighted by Gasteiger charge is 2.09. The molecule has 0 unspecified atom stereocenters. The number of hydrogen-bond acceptors (Lipinski definition) is 4. The molecule has 5 nitrogen and oxygen atoms in total. The van der Waals surface area contributed by atoms with E-state index in [9.17, 15) is 0 Å². The lowest BCUT2D eigenvalue weighted by molar-refractivity contribution is 0.751. The average Bonchev–Trinajstić information content (AvgIpc) is 2.67. The van der Waals surface area contributed by atoms with E-state index in [0.717, 1.165) is 21.5 Å². The third-order valence-electron chi connectivity index (χ3n) is 2.29. The Bertz CT molecular complexity index is 494. The number of nitrogens with two attached hydrogens (primary N) is 1. The molecule has 0 amide bonds. The molecule has 2 N–H and O–H groups in total. The van der Waals surface area contributed by atoms with E-state index in [1.54, 1.807) is 4.68 Å². The Kier molecular flexibility index (Phi) is 3.31. The molecule has 0 aliphatic heterocycles. The van der Waals surface area contributed by atoms with Gasteiger partial charge >= 0.3 is 0 Å². The molecule has 1 aromatic heterocycles. The van der Waals surface area contributed by atoms with Crippen LogP contribution in [0.2, 0.25) is 0 Å². The van der Waals surface area contributed by atoms with E-state index in [1.807, 2.05) is 25.1 Å². The normalized spacial score (nSPS) is 10.7. The van der Waals surface area contributed by atoms with Crippen molar-refractivity contribution in [1.82, 2.24) is 20.2 Å². The van der Waals surface area contributed by atoms with E-state index in [4.69, 9.17) is 5.73 Å². The summed E-state index contributed by atoms with van der Waals surface area (Å²) in [7, 11) is 0. The molecule has 0 fully saturated rings. The van der Waals surface area contributed by atoms with E-state index < -0.39 is 0 Å². The zero-order valence-corrected chi connectivity index (χ0v) is 10.5. The van der Waals surface area contributed by atoms with Crippen LogP contribution in [-0.2, 0) is 6.42 Å². The fourth-order valence-electron chi connectivity index (χ4n) is 1.53. The number of hydrogen-bond donors (Lipinski definition) is 1. The second kappa shape index (κ2) is 4.71. The maximum atomic E-state index is 5.51. The first-order chi connectivity index (χ1) is 7.72. The van der Waals surface area contributed by atoms with Crippen molar-refractivity contribution in [1.29, 1.82) is 0 Å². The molecule has 1 heterocycles. The molecule has 0 aliphatic carbocycles. The molecule has 84 valence electrons. The summed E-state index contributed by atoms with van der Waals surface area (Å²) in [4.78, 5) is 0. The number of halogens is 1. The lowest BCUT2D eigenvalue weighted by Gasteiger charge is -2.07. The van der Waals surface area contributed by atoms with Gasteiger partial charge in [0.1, 0.15) is 0 Å². The van der Waals surface area contributed by atoms with Gasteiger partial charge in [0.25, 0.3) is 0 Å². The maximum Gasteiger partial charge on any atom is 0.157 e. The summed E-state index contributed by atoms with van der Waals surface area (Å²) in [5.74, 6) is 0.785. The van der Waals surface area contributed by atoms with Gasteiger partial charge in [0.2, 0.25) is 0 Å². The van der Waals surface area contributed by atoms with Gasteiger partial charge in [-0.25, -0.2) is 0 Å². The van der Waals surface area contributed by atoms with Crippen LogP contribution in [0.4, 0.5) is 0 Å². The zero-order chi connectivity index (χ0) is 11.5.